The molecule has 1 amide bonds. The van der Waals surface area contributed by atoms with Crippen LogP contribution in [0, 0.1) is 5.82 Å². The molecule has 1 N–H and O–H groups in total. The van der Waals surface area contributed by atoms with E-state index in [1.807, 2.05) is 30.3 Å². The highest BCUT2D eigenvalue weighted by atomic mass is 19.1. The molecular weight excluding hydrogens is 397 g/mol. The normalized spacial score (nSPS) is 12.4. The number of hydrogen-bond acceptors (Lipinski definition) is 4. The number of halogens is 1. The molecule has 0 radical (unpaired) electrons. The predicted octanol–water partition coefficient (Wildman–Crippen LogP) is 4.70. The largest absolute Gasteiger partial charge is 0.486 e. The van der Waals surface area contributed by atoms with Crippen LogP contribution in [0.2, 0.25) is 0 Å². The molecule has 0 saturated carbocycles. The lowest BCUT2D eigenvalue weighted by atomic mass is 10.1. The van der Waals surface area contributed by atoms with Crippen LogP contribution in [0.1, 0.15) is 10.4 Å². The van der Waals surface area contributed by atoms with E-state index >= 15 is 0 Å². The number of benzene rings is 3. The van der Waals surface area contributed by atoms with Gasteiger partial charge in [0.15, 0.2) is 11.5 Å². The van der Waals surface area contributed by atoms with Crippen molar-refractivity contribution in [2.75, 3.05) is 18.5 Å². The van der Waals surface area contributed by atoms with E-state index in [0.29, 0.717) is 47.2 Å². The third-order valence-electron chi connectivity index (χ3n) is 4.90. The van der Waals surface area contributed by atoms with Gasteiger partial charge in [0.05, 0.1) is 11.3 Å². The van der Waals surface area contributed by atoms with Gasteiger partial charge >= 0.3 is 0 Å². The summed E-state index contributed by atoms with van der Waals surface area (Å²) in [6.45, 7) is 0.960. The second-order valence-electron chi connectivity index (χ2n) is 6.99. The summed E-state index contributed by atoms with van der Waals surface area (Å²) in [4.78, 5) is 13.2. The van der Waals surface area contributed by atoms with Gasteiger partial charge in [0.1, 0.15) is 24.7 Å². The fraction of sp³-hybridized carbons (Fsp3) is 0.0833. The number of carbonyl (C=O) groups is 1. The number of fused-ring (bicyclic) bond motifs is 1. The van der Waals surface area contributed by atoms with Crippen molar-refractivity contribution in [2.24, 2.45) is 0 Å². The van der Waals surface area contributed by atoms with E-state index in [1.54, 1.807) is 41.2 Å². The number of ether oxygens (including phenoxy) is 2. The van der Waals surface area contributed by atoms with Gasteiger partial charge in [-0.2, -0.15) is 5.10 Å². The Bertz CT molecular complexity index is 1240. The molecule has 154 valence electrons. The van der Waals surface area contributed by atoms with E-state index in [0.717, 1.165) is 5.69 Å². The second-order valence-corrected chi connectivity index (χ2v) is 6.99. The van der Waals surface area contributed by atoms with Crippen LogP contribution < -0.4 is 14.8 Å². The average Bonchev–Trinajstić information content (AvgIpc) is 3.26. The number of aromatic nitrogens is 2. The lowest BCUT2D eigenvalue weighted by Gasteiger charge is -2.19. The number of rotatable bonds is 4. The monoisotopic (exact) mass is 415 g/mol. The molecule has 0 spiro atoms. The minimum Gasteiger partial charge on any atom is -0.486 e. The maximum Gasteiger partial charge on any atom is 0.259 e. The lowest BCUT2D eigenvalue weighted by molar-refractivity contribution is 0.102. The molecule has 3 aromatic carbocycles. The van der Waals surface area contributed by atoms with Crippen molar-refractivity contribution in [3.63, 3.8) is 0 Å². The molecule has 5 rings (SSSR count). The lowest BCUT2D eigenvalue weighted by Crippen LogP contribution is -2.16. The number of nitrogens with one attached hydrogen (secondary N) is 1. The van der Waals surface area contributed by atoms with Gasteiger partial charge in [-0.15, -0.1) is 0 Å². The van der Waals surface area contributed by atoms with Crippen LogP contribution in [0.5, 0.6) is 11.5 Å². The number of amides is 1. The molecule has 2 heterocycles. The molecule has 4 aromatic rings. The first-order valence-corrected chi connectivity index (χ1v) is 9.79. The zero-order chi connectivity index (χ0) is 21.2. The Morgan fingerprint density at radius 3 is 2.45 bits per heavy atom. The summed E-state index contributed by atoms with van der Waals surface area (Å²) in [5.74, 6) is 0.544. The van der Waals surface area contributed by atoms with Gasteiger partial charge in [-0.3, -0.25) is 4.79 Å². The highest BCUT2D eigenvalue weighted by molar-refractivity contribution is 6.08. The Morgan fingerprint density at radius 1 is 0.935 bits per heavy atom. The van der Waals surface area contributed by atoms with Crippen molar-refractivity contribution < 1.29 is 18.7 Å². The average molecular weight is 415 g/mol. The SMILES string of the molecule is O=C(Nc1ccc2c(c1)OCCO2)c1cn(-c2ccccc2)nc1-c1ccc(F)cc1. The maximum absolute atomic E-state index is 13.4. The number of para-hydroxylation sites is 1. The van der Waals surface area contributed by atoms with E-state index in [4.69, 9.17) is 9.47 Å². The van der Waals surface area contributed by atoms with E-state index in [1.165, 1.54) is 12.1 Å². The maximum atomic E-state index is 13.4. The molecule has 0 saturated heterocycles. The topological polar surface area (TPSA) is 65.4 Å². The fourth-order valence-corrected chi connectivity index (χ4v) is 3.39. The number of anilines is 1. The Kier molecular flexibility index (Phi) is 4.84. The highest BCUT2D eigenvalue weighted by Gasteiger charge is 2.20. The van der Waals surface area contributed by atoms with Crippen molar-refractivity contribution in [3.8, 4) is 28.4 Å². The molecule has 0 atom stereocenters. The first-order valence-electron chi connectivity index (χ1n) is 9.79. The Labute approximate surface area is 177 Å². The number of hydrogen-bond donors (Lipinski definition) is 1. The van der Waals surface area contributed by atoms with Gasteiger partial charge in [0, 0.05) is 23.5 Å². The van der Waals surface area contributed by atoms with Gasteiger partial charge in [-0.05, 0) is 48.5 Å². The van der Waals surface area contributed by atoms with Crippen LogP contribution >= 0.6 is 0 Å². The third kappa shape index (κ3) is 3.85. The van der Waals surface area contributed by atoms with Crippen molar-refractivity contribution in [3.05, 3.63) is 90.4 Å². The zero-order valence-corrected chi connectivity index (χ0v) is 16.4. The summed E-state index contributed by atoms with van der Waals surface area (Å²) >= 11 is 0. The highest BCUT2D eigenvalue weighted by Crippen LogP contribution is 2.33. The Hall–Kier alpha value is -4.13. The number of nitrogens with zero attached hydrogens (tertiary/aromatic N) is 2. The standard InChI is InChI=1S/C24H18FN3O3/c25-17-8-6-16(7-9-17)23-20(15-28(27-23)19-4-2-1-3-5-19)24(29)26-18-10-11-21-22(14-18)31-13-12-30-21/h1-11,14-15H,12-13H2,(H,26,29). The summed E-state index contributed by atoms with van der Waals surface area (Å²) in [5, 5.41) is 7.49. The molecule has 0 aliphatic carbocycles. The molecular formula is C24H18FN3O3. The second kappa shape index (κ2) is 7.95. The summed E-state index contributed by atoms with van der Waals surface area (Å²) in [6, 6.07) is 20.6. The van der Waals surface area contributed by atoms with E-state index in [2.05, 4.69) is 10.4 Å². The van der Waals surface area contributed by atoms with Crippen molar-refractivity contribution in [1.82, 2.24) is 9.78 Å². The van der Waals surface area contributed by atoms with E-state index in [9.17, 15) is 9.18 Å². The van der Waals surface area contributed by atoms with Gasteiger partial charge in [-0.1, -0.05) is 18.2 Å². The van der Waals surface area contributed by atoms with Crippen LogP contribution in [0.3, 0.4) is 0 Å². The van der Waals surface area contributed by atoms with Crippen LogP contribution in [0.4, 0.5) is 10.1 Å². The van der Waals surface area contributed by atoms with Gasteiger partial charge in [0.25, 0.3) is 5.91 Å². The minimum absolute atomic E-state index is 0.335. The third-order valence-corrected chi connectivity index (χ3v) is 4.90. The predicted molar refractivity (Wildman–Crippen MR) is 114 cm³/mol. The van der Waals surface area contributed by atoms with Crippen LogP contribution in [0.25, 0.3) is 16.9 Å². The summed E-state index contributed by atoms with van der Waals surface area (Å²) in [6.07, 6.45) is 1.67. The Morgan fingerprint density at radius 2 is 1.68 bits per heavy atom. The Balaban J connectivity index is 1.51. The van der Waals surface area contributed by atoms with Gasteiger partial charge in [0.2, 0.25) is 0 Å². The first kappa shape index (κ1) is 18.9. The molecule has 1 aliphatic heterocycles. The molecule has 1 aliphatic rings. The molecule has 0 unspecified atom stereocenters. The summed E-state index contributed by atoms with van der Waals surface area (Å²) < 4.78 is 26.2. The molecule has 7 heteroatoms. The van der Waals surface area contributed by atoms with Gasteiger partial charge in [-0.25, -0.2) is 9.07 Å². The smallest absolute Gasteiger partial charge is 0.259 e. The zero-order valence-electron chi connectivity index (χ0n) is 16.4. The van der Waals surface area contributed by atoms with Crippen molar-refractivity contribution in [2.45, 2.75) is 0 Å². The summed E-state index contributed by atoms with van der Waals surface area (Å²) in [5.41, 5.74) is 2.85. The van der Waals surface area contributed by atoms with Crippen molar-refractivity contribution in [1.29, 1.82) is 0 Å². The van der Waals surface area contributed by atoms with Gasteiger partial charge < -0.3 is 14.8 Å². The summed E-state index contributed by atoms with van der Waals surface area (Å²) in [7, 11) is 0. The van der Waals surface area contributed by atoms with Crippen LogP contribution in [-0.4, -0.2) is 28.9 Å². The van der Waals surface area contributed by atoms with Crippen LogP contribution in [-0.2, 0) is 0 Å². The van der Waals surface area contributed by atoms with E-state index in [-0.39, 0.29) is 11.7 Å². The van der Waals surface area contributed by atoms with Crippen molar-refractivity contribution >= 4 is 11.6 Å². The molecule has 31 heavy (non-hydrogen) atoms. The quantitative estimate of drug-likeness (QED) is 0.525. The molecule has 1 aromatic heterocycles. The van der Waals surface area contributed by atoms with E-state index < -0.39 is 0 Å². The minimum atomic E-state index is -0.353. The molecule has 6 nitrogen and oxygen atoms in total. The fourth-order valence-electron chi connectivity index (χ4n) is 3.39. The molecule has 0 bridgehead atoms. The first-order chi connectivity index (χ1) is 15.2. The number of carbonyl (C=O) groups excluding carboxylic acids is 1. The van der Waals surface area contributed by atoms with Crippen LogP contribution in [0.15, 0.2) is 79.0 Å². The molecule has 0 fully saturated rings.